The summed E-state index contributed by atoms with van der Waals surface area (Å²) in [6.45, 7) is 3.96. The number of hydrogen-bond donors (Lipinski definition) is 1. The fourth-order valence-corrected chi connectivity index (χ4v) is 7.47. The highest BCUT2D eigenvalue weighted by Crippen LogP contribution is 2.40. The normalized spacial score (nSPS) is 18.5. The second-order valence-corrected chi connectivity index (χ2v) is 14.7. The molecule has 0 unspecified atom stereocenters. The molecule has 0 atom stereocenters. The Balaban J connectivity index is 0.987. The van der Waals surface area contributed by atoms with Crippen LogP contribution in [0, 0.1) is 11.7 Å². The lowest BCUT2D eigenvalue weighted by Crippen LogP contribution is -2.66. The largest absolute Gasteiger partial charge is 0.493 e. The van der Waals surface area contributed by atoms with Crippen LogP contribution >= 0.6 is 11.6 Å². The minimum atomic E-state index is -4.02. The first-order valence-electron chi connectivity index (χ1n) is 16.2. The standard InChI is InChI=1S/C32H43ClFN5O6S/c33-26-22-35-31(36-23-26)38-13-8-24(9-14-38)4-3-18-45-27-7-6-25(28(34)21-27)20-30(41)37-15-10-32(11-16-37)12-17-39(32)29(40)5-1-2-19-46(42,43)44/h6-7,21-24H,1-5,8-20H2,(H,42,43,44). The second kappa shape index (κ2) is 15.2. The zero-order valence-electron chi connectivity index (χ0n) is 26.1. The van der Waals surface area contributed by atoms with Crippen LogP contribution in [0.1, 0.15) is 69.8 Å². The van der Waals surface area contributed by atoms with Crippen LogP contribution in [-0.2, 0) is 26.1 Å². The van der Waals surface area contributed by atoms with E-state index in [1.807, 2.05) is 4.90 Å². The lowest BCUT2D eigenvalue weighted by atomic mass is 9.76. The minimum Gasteiger partial charge on any atom is -0.493 e. The summed E-state index contributed by atoms with van der Waals surface area (Å²) in [5.41, 5.74) is 0.0737. The second-order valence-electron chi connectivity index (χ2n) is 12.7. The molecule has 11 nitrogen and oxygen atoms in total. The number of likely N-dealkylation sites (tertiary alicyclic amines) is 2. The molecule has 2 aromatic rings. The number of hydrogen-bond acceptors (Lipinski definition) is 8. The zero-order valence-corrected chi connectivity index (χ0v) is 27.7. The molecular weight excluding hydrogens is 637 g/mol. The minimum absolute atomic E-state index is 0.0168. The molecule has 1 aromatic heterocycles. The van der Waals surface area contributed by atoms with Gasteiger partial charge in [0.25, 0.3) is 10.1 Å². The Kier molecular flexibility index (Phi) is 11.4. The van der Waals surface area contributed by atoms with E-state index in [0.717, 1.165) is 45.2 Å². The van der Waals surface area contributed by atoms with E-state index in [2.05, 4.69) is 14.9 Å². The number of aromatic nitrogens is 2. The van der Waals surface area contributed by atoms with Crippen LogP contribution in [0.5, 0.6) is 5.75 Å². The first-order chi connectivity index (χ1) is 22.0. The molecule has 1 aromatic carbocycles. The van der Waals surface area contributed by atoms with Crippen LogP contribution < -0.4 is 9.64 Å². The first-order valence-corrected chi connectivity index (χ1v) is 18.2. The molecule has 0 bridgehead atoms. The average molecular weight is 680 g/mol. The highest BCUT2D eigenvalue weighted by molar-refractivity contribution is 7.85. The number of nitrogens with zero attached hydrogens (tertiary/aromatic N) is 5. The molecule has 46 heavy (non-hydrogen) atoms. The fraction of sp³-hybridized carbons (Fsp3) is 0.625. The Morgan fingerprint density at radius 1 is 1.00 bits per heavy atom. The third kappa shape index (κ3) is 9.07. The van der Waals surface area contributed by atoms with Gasteiger partial charge in [0.2, 0.25) is 17.8 Å². The van der Waals surface area contributed by atoms with Crippen molar-refractivity contribution < 1.29 is 31.7 Å². The Bertz CT molecular complexity index is 1460. The predicted molar refractivity (Wildman–Crippen MR) is 172 cm³/mol. The summed E-state index contributed by atoms with van der Waals surface area (Å²) in [5, 5.41) is 0.527. The van der Waals surface area contributed by atoms with Crippen molar-refractivity contribution >= 4 is 39.5 Å². The maximum absolute atomic E-state index is 14.9. The monoisotopic (exact) mass is 679 g/mol. The summed E-state index contributed by atoms with van der Waals surface area (Å²) in [6.07, 6.45) is 10.3. The molecule has 0 aliphatic carbocycles. The van der Waals surface area contributed by atoms with Crippen molar-refractivity contribution in [2.75, 3.05) is 50.0 Å². The van der Waals surface area contributed by atoms with E-state index in [1.54, 1.807) is 29.4 Å². The molecule has 3 fully saturated rings. The topological polar surface area (TPSA) is 133 Å². The number of rotatable bonds is 13. The summed E-state index contributed by atoms with van der Waals surface area (Å²) in [4.78, 5) is 40.2. The number of ether oxygens (including phenoxy) is 1. The Morgan fingerprint density at radius 3 is 2.33 bits per heavy atom. The Labute approximate surface area is 275 Å². The number of amides is 2. The maximum Gasteiger partial charge on any atom is 0.264 e. The molecule has 3 saturated heterocycles. The number of anilines is 1. The smallest absolute Gasteiger partial charge is 0.264 e. The SMILES string of the molecule is O=C(Cc1ccc(OCCCC2CCN(c3ncc(Cl)cn3)CC2)cc1F)N1CCC2(CC1)CCN2C(=O)CCCCS(=O)(=O)O. The van der Waals surface area contributed by atoms with Crippen LogP contribution in [0.3, 0.4) is 0 Å². The first kappa shape index (κ1) is 34.3. The maximum atomic E-state index is 14.9. The van der Waals surface area contributed by atoms with Gasteiger partial charge in [-0.2, -0.15) is 8.42 Å². The van der Waals surface area contributed by atoms with Gasteiger partial charge < -0.3 is 19.4 Å². The van der Waals surface area contributed by atoms with Crippen LogP contribution in [0.25, 0.3) is 0 Å². The lowest BCUT2D eigenvalue weighted by molar-refractivity contribution is -0.154. The molecule has 3 aliphatic heterocycles. The van der Waals surface area contributed by atoms with E-state index in [-0.39, 0.29) is 42.4 Å². The molecule has 252 valence electrons. The van der Waals surface area contributed by atoms with Gasteiger partial charge in [-0.1, -0.05) is 17.7 Å². The predicted octanol–water partition coefficient (Wildman–Crippen LogP) is 4.54. The molecule has 2 amide bonds. The number of carbonyl (C=O) groups is 2. The van der Waals surface area contributed by atoms with Crippen molar-refractivity contribution in [2.45, 2.75) is 76.2 Å². The van der Waals surface area contributed by atoms with E-state index < -0.39 is 15.9 Å². The van der Waals surface area contributed by atoms with Gasteiger partial charge in [-0.25, -0.2) is 14.4 Å². The highest BCUT2D eigenvalue weighted by atomic mass is 35.5. The van der Waals surface area contributed by atoms with Crippen LogP contribution in [-0.4, -0.2) is 95.2 Å². The molecule has 4 heterocycles. The number of piperidine rings is 2. The fourth-order valence-electron chi connectivity index (χ4n) is 6.81. The van der Waals surface area contributed by atoms with Gasteiger partial charge in [0.05, 0.1) is 36.2 Å². The Hall–Kier alpha value is -3.03. The summed E-state index contributed by atoms with van der Waals surface area (Å²) in [7, 11) is -4.02. The zero-order chi connectivity index (χ0) is 32.7. The number of carbonyl (C=O) groups excluding carboxylic acids is 2. The summed E-state index contributed by atoms with van der Waals surface area (Å²) >= 11 is 5.88. The van der Waals surface area contributed by atoms with E-state index in [4.69, 9.17) is 20.9 Å². The quantitative estimate of drug-likeness (QED) is 0.239. The van der Waals surface area contributed by atoms with E-state index in [0.29, 0.717) is 73.7 Å². The summed E-state index contributed by atoms with van der Waals surface area (Å²) in [6, 6.07) is 4.69. The average Bonchev–Trinajstić information content (AvgIpc) is 3.02. The summed E-state index contributed by atoms with van der Waals surface area (Å²) in [5.74, 6) is 0.805. The lowest BCUT2D eigenvalue weighted by Gasteiger charge is -2.56. The van der Waals surface area contributed by atoms with Crippen molar-refractivity contribution in [1.29, 1.82) is 0 Å². The van der Waals surface area contributed by atoms with Crippen molar-refractivity contribution in [3.05, 3.63) is 47.0 Å². The van der Waals surface area contributed by atoms with E-state index >= 15 is 0 Å². The van der Waals surface area contributed by atoms with Gasteiger partial charge in [0.1, 0.15) is 11.6 Å². The molecule has 14 heteroatoms. The molecule has 0 saturated carbocycles. The third-order valence-electron chi connectivity index (χ3n) is 9.66. The summed E-state index contributed by atoms with van der Waals surface area (Å²) < 4.78 is 51.4. The number of unbranched alkanes of at least 4 members (excludes halogenated alkanes) is 1. The van der Waals surface area contributed by atoms with Gasteiger partial charge >= 0.3 is 0 Å². The molecule has 0 radical (unpaired) electrons. The van der Waals surface area contributed by atoms with Crippen molar-refractivity contribution in [3.8, 4) is 5.75 Å². The van der Waals surface area contributed by atoms with Crippen LogP contribution in [0.2, 0.25) is 5.02 Å². The Morgan fingerprint density at radius 2 is 1.70 bits per heavy atom. The number of halogens is 2. The molecule has 1 N–H and O–H groups in total. The van der Waals surface area contributed by atoms with Crippen molar-refractivity contribution in [1.82, 2.24) is 19.8 Å². The van der Waals surface area contributed by atoms with Crippen molar-refractivity contribution in [2.24, 2.45) is 5.92 Å². The molecule has 5 rings (SSSR count). The van der Waals surface area contributed by atoms with Gasteiger partial charge in [0, 0.05) is 50.7 Å². The molecular formula is C32H43ClFN5O6S. The van der Waals surface area contributed by atoms with Gasteiger partial charge in [-0.3, -0.25) is 14.1 Å². The third-order valence-corrected chi connectivity index (χ3v) is 10.7. The van der Waals surface area contributed by atoms with Gasteiger partial charge in [-0.15, -0.1) is 0 Å². The van der Waals surface area contributed by atoms with E-state index in [9.17, 15) is 22.4 Å². The van der Waals surface area contributed by atoms with E-state index in [1.165, 1.54) is 6.07 Å². The highest BCUT2D eigenvalue weighted by Gasteiger charge is 2.48. The van der Waals surface area contributed by atoms with Gasteiger partial charge in [0.15, 0.2) is 0 Å². The van der Waals surface area contributed by atoms with Gasteiger partial charge in [-0.05, 0) is 75.3 Å². The van der Waals surface area contributed by atoms with Crippen LogP contribution in [0.15, 0.2) is 30.6 Å². The molecule has 1 spiro atoms. The molecule has 3 aliphatic rings. The van der Waals surface area contributed by atoms with Crippen molar-refractivity contribution in [3.63, 3.8) is 0 Å². The van der Waals surface area contributed by atoms with Crippen LogP contribution in [0.4, 0.5) is 10.3 Å². The number of benzene rings is 1.